The van der Waals surface area contributed by atoms with E-state index < -0.39 is 0 Å². The van der Waals surface area contributed by atoms with Crippen molar-refractivity contribution < 1.29 is 4.79 Å². The number of hydrogen-bond acceptors (Lipinski definition) is 4. The summed E-state index contributed by atoms with van der Waals surface area (Å²) in [5.41, 5.74) is 2.09. The standard InChI is InChI=1S/C22H25N3OS/c1-2-25(18-8-4-3-5-9-18)21(26)16-24-14-12-17(13-15-24)22-23-19-10-6-7-11-20(19)27-22/h3-11,17H,2,12-16H2,1H3. The van der Waals surface area contributed by atoms with Crippen molar-refractivity contribution in [1.29, 1.82) is 0 Å². The molecule has 0 aliphatic carbocycles. The maximum absolute atomic E-state index is 12.8. The molecule has 5 heteroatoms. The molecule has 1 saturated heterocycles. The first kappa shape index (κ1) is 18.1. The number of anilines is 1. The van der Waals surface area contributed by atoms with Crippen molar-refractivity contribution in [2.24, 2.45) is 0 Å². The van der Waals surface area contributed by atoms with E-state index >= 15 is 0 Å². The molecule has 0 saturated carbocycles. The van der Waals surface area contributed by atoms with Gasteiger partial charge in [0.2, 0.25) is 5.91 Å². The van der Waals surface area contributed by atoms with E-state index in [1.807, 2.05) is 59.6 Å². The lowest BCUT2D eigenvalue weighted by Crippen LogP contribution is -2.43. The summed E-state index contributed by atoms with van der Waals surface area (Å²) in [6.45, 7) is 5.14. The number of benzene rings is 2. The molecule has 0 radical (unpaired) electrons. The van der Waals surface area contributed by atoms with Crippen molar-refractivity contribution >= 4 is 33.1 Å². The van der Waals surface area contributed by atoms with Crippen LogP contribution in [0.2, 0.25) is 0 Å². The molecule has 1 aliphatic heterocycles. The number of piperidine rings is 1. The molecule has 0 N–H and O–H groups in total. The number of likely N-dealkylation sites (N-methyl/N-ethyl adjacent to an activating group) is 1. The number of thiazole rings is 1. The zero-order chi connectivity index (χ0) is 18.6. The lowest BCUT2D eigenvalue weighted by Gasteiger charge is -2.32. The third-order valence-corrected chi connectivity index (χ3v) is 6.49. The lowest BCUT2D eigenvalue weighted by atomic mass is 9.97. The van der Waals surface area contributed by atoms with E-state index in [1.54, 1.807) is 0 Å². The highest BCUT2D eigenvalue weighted by atomic mass is 32.1. The quantitative estimate of drug-likeness (QED) is 0.653. The van der Waals surface area contributed by atoms with Crippen molar-refractivity contribution in [2.45, 2.75) is 25.7 Å². The fraction of sp³-hybridized carbons (Fsp3) is 0.364. The van der Waals surface area contributed by atoms with Gasteiger partial charge in [0.25, 0.3) is 0 Å². The van der Waals surface area contributed by atoms with Gasteiger partial charge in [-0.1, -0.05) is 30.3 Å². The van der Waals surface area contributed by atoms with Crippen molar-refractivity contribution in [3.8, 4) is 0 Å². The normalized spacial score (nSPS) is 15.9. The first-order chi connectivity index (χ1) is 13.2. The molecular formula is C22H25N3OS. The molecule has 0 unspecified atom stereocenters. The van der Waals surface area contributed by atoms with E-state index in [2.05, 4.69) is 23.1 Å². The largest absolute Gasteiger partial charge is 0.312 e. The van der Waals surface area contributed by atoms with Gasteiger partial charge in [-0.15, -0.1) is 11.3 Å². The maximum Gasteiger partial charge on any atom is 0.241 e. The van der Waals surface area contributed by atoms with Gasteiger partial charge in [-0.2, -0.15) is 0 Å². The van der Waals surface area contributed by atoms with Crippen molar-refractivity contribution in [3.05, 3.63) is 59.6 Å². The monoisotopic (exact) mass is 379 g/mol. The van der Waals surface area contributed by atoms with Crippen LogP contribution in [-0.2, 0) is 4.79 Å². The maximum atomic E-state index is 12.8. The number of carbonyl (C=O) groups excluding carboxylic acids is 1. The molecule has 3 aromatic rings. The molecule has 1 aliphatic rings. The summed E-state index contributed by atoms with van der Waals surface area (Å²) in [5.74, 6) is 0.701. The minimum Gasteiger partial charge on any atom is -0.312 e. The van der Waals surface area contributed by atoms with Crippen molar-refractivity contribution in [2.75, 3.05) is 31.1 Å². The van der Waals surface area contributed by atoms with Gasteiger partial charge in [0.1, 0.15) is 0 Å². The molecule has 1 aromatic heterocycles. The number of nitrogens with zero attached hydrogens (tertiary/aromatic N) is 3. The first-order valence-corrected chi connectivity index (χ1v) is 10.5. The second-order valence-corrected chi connectivity index (χ2v) is 8.11. The number of para-hydroxylation sites is 2. The minimum absolute atomic E-state index is 0.183. The highest BCUT2D eigenvalue weighted by Crippen LogP contribution is 2.33. The number of fused-ring (bicyclic) bond motifs is 1. The van der Waals surface area contributed by atoms with Crippen molar-refractivity contribution in [3.63, 3.8) is 0 Å². The molecule has 1 fully saturated rings. The molecule has 4 nitrogen and oxygen atoms in total. The molecule has 0 atom stereocenters. The molecule has 140 valence electrons. The molecule has 4 rings (SSSR count). The van der Waals surface area contributed by atoms with Crippen LogP contribution in [-0.4, -0.2) is 42.0 Å². The second kappa shape index (κ2) is 8.19. The SMILES string of the molecule is CCN(C(=O)CN1CCC(c2nc3ccccc3s2)CC1)c1ccccc1. The Morgan fingerprint density at radius 2 is 1.81 bits per heavy atom. The molecule has 0 bridgehead atoms. The Labute approximate surface area is 164 Å². The minimum atomic E-state index is 0.183. The van der Waals surface area contributed by atoms with E-state index in [1.165, 1.54) is 9.71 Å². The Balaban J connectivity index is 1.35. The van der Waals surface area contributed by atoms with Crippen LogP contribution >= 0.6 is 11.3 Å². The van der Waals surface area contributed by atoms with E-state index in [4.69, 9.17) is 4.98 Å². The van der Waals surface area contributed by atoms with Gasteiger partial charge < -0.3 is 4.90 Å². The predicted octanol–water partition coefficient (Wildman–Crippen LogP) is 4.53. The van der Waals surface area contributed by atoms with Gasteiger partial charge in [-0.05, 0) is 57.1 Å². The Morgan fingerprint density at radius 3 is 2.52 bits per heavy atom. The van der Waals surface area contributed by atoms with Gasteiger partial charge in [-0.3, -0.25) is 9.69 Å². The molecule has 2 aromatic carbocycles. The Bertz CT molecular complexity index is 867. The van der Waals surface area contributed by atoms with Gasteiger partial charge >= 0.3 is 0 Å². The predicted molar refractivity (Wildman–Crippen MR) is 113 cm³/mol. The summed E-state index contributed by atoms with van der Waals surface area (Å²) >= 11 is 1.82. The fourth-order valence-corrected chi connectivity index (χ4v) is 4.93. The van der Waals surface area contributed by atoms with E-state index in [0.717, 1.165) is 37.1 Å². The van der Waals surface area contributed by atoms with Crippen LogP contribution in [0.3, 0.4) is 0 Å². The average molecular weight is 380 g/mol. The third-order valence-electron chi connectivity index (χ3n) is 5.29. The number of carbonyl (C=O) groups is 1. The Morgan fingerprint density at radius 1 is 1.11 bits per heavy atom. The molecule has 0 spiro atoms. The molecule has 27 heavy (non-hydrogen) atoms. The van der Waals surface area contributed by atoms with Crippen molar-refractivity contribution in [1.82, 2.24) is 9.88 Å². The van der Waals surface area contributed by atoms with Crippen LogP contribution in [0, 0.1) is 0 Å². The highest BCUT2D eigenvalue weighted by molar-refractivity contribution is 7.18. The van der Waals surface area contributed by atoms with Crippen LogP contribution in [0.1, 0.15) is 30.7 Å². The molecule has 2 heterocycles. The summed E-state index contributed by atoms with van der Waals surface area (Å²) in [6.07, 6.45) is 2.15. The zero-order valence-electron chi connectivity index (χ0n) is 15.7. The average Bonchev–Trinajstić information content (AvgIpc) is 3.14. The molecular weight excluding hydrogens is 354 g/mol. The number of amides is 1. The number of aromatic nitrogens is 1. The van der Waals surface area contributed by atoms with Gasteiger partial charge in [0.05, 0.1) is 21.8 Å². The van der Waals surface area contributed by atoms with Crippen LogP contribution in [0.5, 0.6) is 0 Å². The number of rotatable bonds is 5. The third kappa shape index (κ3) is 4.04. The summed E-state index contributed by atoms with van der Waals surface area (Å²) in [7, 11) is 0. The fourth-order valence-electron chi connectivity index (χ4n) is 3.79. The van der Waals surface area contributed by atoms with E-state index in [0.29, 0.717) is 19.0 Å². The smallest absolute Gasteiger partial charge is 0.241 e. The van der Waals surface area contributed by atoms with E-state index in [9.17, 15) is 4.79 Å². The van der Waals surface area contributed by atoms with E-state index in [-0.39, 0.29) is 5.91 Å². The van der Waals surface area contributed by atoms with Gasteiger partial charge in [0.15, 0.2) is 0 Å². The zero-order valence-corrected chi connectivity index (χ0v) is 16.5. The Hall–Kier alpha value is -2.24. The van der Waals surface area contributed by atoms with Gasteiger partial charge in [0, 0.05) is 18.2 Å². The topological polar surface area (TPSA) is 36.4 Å². The highest BCUT2D eigenvalue weighted by Gasteiger charge is 2.25. The van der Waals surface area contributed by atoms with Crippen LogP contribution in [0.15, 0.2) is 54.6 Å². The number of likely N-dealkylation sites (tertiary alicyclic amines) is 1. The Kier molecular flexibility index (Phi) is 5.50. The molecule has 1 amide bonds. The lowest BCUT2D eigenvalue weighted by molar-refractivity contribution is -0.120. The summed E-state index contributed by atoms with van der Waals surface area (Å²) in [4.78, 5) is 21.8. The van der Waals surface area contributed by atoms with Crippen LogP contribution in [0.25, 0.3) is 10.2 Å². The summed E-state index contributed by atoms with van der Waals surface area (Å²) < 4.78 is 1.27. The number of hydrogen-bond donors (Lipinski definition) is 0. The summed E-state index contributed by atoms with van der Waals surface area (Å²) in [5, 5.41) is 1.25. The first-order valence-electron chi connectivity index (χ1n) is 9.68. The summed E-state index contributed by atoms with van der Waals surface area (Å²) in [6, 6.07) is 18.3. The second-order valence-electron chi connectivity index (χ2n) is 7.04. The van der Waals surface area contributed by atoms with Gasteiger partial charge in [-0.25, -0.2) is 4.98 Å². The van der Waals surface area contributed by atoms with Crippen LogP contribution in [0.4, 0.5) is 5.69 Å². The van der Waals surface area contributed by atoms with Crippen LogP contribution < -0.4 is 4.90 Å².